The third kappa shape index (κ3) is 8.05. The number of ether oxygens (including phenoxy) is 2. The van der Waals surface area contributed by atoms with E-state index in [-0.39, 0.29) is 5.60 Å². The summed E-state index contributed by atoms with van der Waals surface area (Å²) in [7, 11) is 1.71. The fourth-order valence-corrected chi connectivity index (χ4v) is 1.18. The Morgan fingerprint density at radius 2 is 1.75 bits per heavy atom. The van der Waals surface area contributed by atoms with Crippen LogP contribution in [0.15, 0.2) is 0 Å². The minimum Gasteiger partial charge on any atom is -0.389 e. The molecule has 0 saturated carbocycles. The second-order valence-electron chi connectivity index (χ2n) is 5.13. The van der Waals surface area contributed by atoms with Crippen LogP contribution in [-0.2, 0) is 9.47 Å². The second kappa shape index (κ2) is 7.22. The van der Waals surface area contributed by atoms with E-state index >= 15 is 0 Å². The number of hydrogen-bond donors (Lipinski definition) is 2. The third-order valence-electron chi connectivity index (χ3n) is 2.84. The molecule has 0 aromatic heterocycles. The normalized spacial score (nSPS) is 16.1. The summed E-state index contributed by atoms with van der Waals surface area (Å²) in [4.78, 5) is 0. The lowest BCUT2D eigenvalue weighted by molar-refractivity contribution is -0.0132. The van der Waals surface area contributed by atoms with Gasteiger partial charge in [-0.05, 0) is 40.0 Å². The number of hydrogen-bond acceptors (Lipinski definition) is 4. The summed E-state index contributed by atoms with van der Waals surface area (Å²) >= 11 is 0. The van der Waals surface area contributed by atoms with E-state index in [1.54, 1.807) is 14.0 Å². The van der Waals surface area contributed by atoms with E-state index in [9.17, 15) is 5.11 Å². The van der Waals surface area contributed by atoms with Crippen molar-refractivity contribution in [3.05, 3.63) is 0 Å². The van der Waals surface area contributed by atoms with E-state index in [2.05, 4.69) is 0 Å². The van der Waals surface area contributed by atoms with Crippen LogP contribution in [0.3, 0.4) is 0 Å². The molecule has 0 rings (SSSR count). The Kier molecular flexibility index (Phi) is 7.15. The molecule has 0 aliphatic heterocycles. The molecule has 4 nitrogen and oxygen atoms in total. The predicted molar refractivity (Wildman–Crippen MR) is 65.4 cm³/mol. The highest BCUT2D eigenvalue weighted by Crippen LogP contribution is 2.13. The lowest BCUT2D eigenvalue weighted by atomic mass is 10.0. The zero-order valence-electron chi connectivity index (χ0n) is 11.1. The number of aliphatic hydroxyl groups is 1. The first kappa shape index (κ1) is 15.8. The first-order valence-corrected chi connectivity index (χ1v) is 5.88. The van der Waals surface area contributed by atoms with E-state index in [0.717, 1.165) is 12.8 Å². The highest BCUT2D eigenvalue weighted by atomic mass is 16.5. The number of nitrogens with two attached hydrogens (primary N) is 1. The third-order valence-corrected chi connectivity index (χ3v) is 2.84. The minimum atomic E-state index is -0.755. The van der Waals surface area contributed by atoms with Crippen LogP contribution in [0, 0.1) is 0 Å². The van der Waals surface area contributed by atoms with Gasteiger partial charge in [0.15, 0.2) is 0 Å². The van der Waals surface area contributed by atoms with Crippen molar-refractivity contribution in [3.63, 3.8) is 0 Å². The summed E-state index contributed by atoms with van der Waals surface area (Å²) < 4.78 is 10.8. The Morgan fingerprint density at radius 3 is 2.25 bits per heavy atom. The van der Waals surface area contributed by atoms with Crippen LogP contribution in [0.5, 0.6) is 0 Å². The van der Waals surface area contributed by atoms with Gasteiger partial charge in [0, 0.05) is 26.9 Å². The molecular formula is C12H27NO3. The van der Waals surface area contributed by atoms with E-state index in [4.69, 9.17) is 15.2 Å². The second-order valence-corrected chi connectivity index (χ2v) is 5.13. The topological polar surface area (TPSA) is 64.7 Å². The average Bonchev–Trinajstić information content (AvgIpc) is 2.23. The standard InChI is InChI=1S/C12H27NO3/c1-11(2,15-4)7-9-16-8-5-6-12(3,14)10-13/h14H,5-10,13H2,1-4H3. The van der Waals surface area contributed by atoms with Crippen LogP contribution in [0.25, 0.3) is 0 Å². The zero-order chi connectivity index (χ0) is 12.7. The number of rotatable bonds is 9. The molecule has 0 saturated heterocycles. The summed E-state index contributed by atoms with van der Waals surface area (Å²) in [6, 6.07) is 0. The monoisotopic (exact) mass is 233 g/mol. The molecule has 0 amide bonds. The van der Waals surface area contributed by atoms with Gasteiger partial charge < -0.3 is 20.3 Å². The molecule has 0 spiro atoms. The maximum absolute atomic E-state index is 9.65. The van der Waals surface area contributed by atoms with Crippen molar-refractivity contribution < 1.29 is 14.6 Å². The molecule has 0 aromatic carbocycles. The summed E-state index contributed by atoms with van der Waals surface area (Å²) in [6.45, 7) is 7.47. The number of methoxy groups -OCH3 is 1. The summed E-state index contributed by atoms with van der Waals surface area (Å²) in [5.74, 6) is 0. The van der Waals surface area contributed by atoms with Crippen LogP contribution in [-0.4, -0.2) is 43.2 Å². The van der Waals surface area contributed by atoms with Crippen LogP contribution in [0.4, 0.5) is 0 Å². The SMILES string of the molecule is COC(C)(C)CCOCCCC(C)(O)CN. The highest BCUT2D eigenvalue weighted by Gasteiger charge is 2.17. The first-order valence-electron chi connectivity index (χ1n) is 5.88. The summed E-state index contributed by atoms with van der Waals surface area (Å²) in [5.41, 5.74) is 4.54. The van der Waals surface area contributed by atoms with Gasteiger partial charge >= 0.3 is 0 Å². The van der Waals surface area contributed by atoms with Gasteiger partial charge in [0.05, 0.1) is 11.2 Å². The van der Waals surface area contributed by atoms with E-state index in [1.165, 1.54) is 0 Å². The highest BCUT2D eigenvalue weighted by molar-refractivity contribution is 4.72. The summed E-state index contributed by atoms with van der Waals surface area (Å²) in [5, 5.41) is 9.65. The van der Waals surface area contributed by atoms with Gasteiger partial charge in [0.25, 0.3) is 0 Å². The van der Waals surface area contributed by atoms with Crippen molar-refractivity contribution >= 4 is 0 Å². The van der Waals surface area contributed by atoms with Crippen molar-refractivity contribution in [2.75, 3.05) is 26.9 Å². The van der Waals surface area contributed by atoms with E-state index in [0.29, 0.717) is 26.2 Å². The van der Waals surface area contributed by atoms with Gasteiger partial charge in [-0.1, -0.05) is 0 Å². The molecular weight excluding hydrogens is 206 g/mol. The van der Waals surface area contributed by atoms with Crippen LogP contribution >= 0.6 is 0 Å². The van der Waals surface area contributed by atoms with Gasteiger partial charge in [-0.25, -0.2) is 0 Å². The molecule has 4 heteroatoms. The predicted octanol–water partition coefficient (Wildman–Crippen LogP) is 1.31. The Hall–Kier alpha value is -0.160. The quantitative estimate of drug-likeness (QED) is 0.589. The maximum Gasteiger partial charge on any atom is 0.0742 e. The fourth-order valence-electron chi connectivity index (χ4n) is 1.18. The summed E-state index contributed by atoms with van der Waals surface area (Å²) in [6.07, 6.45) is 2.38. The van der Waals surface area contributed by atoms with Crippen molar-refractivity contribution in [2.24, 2.45) is 5.73 Å². The molecule has 0 aliphatic carbocycles. The molecule has 0 fully saturated rings. The Morgan fingerprint density at radius 1 is 1.12 bits per heavy atom. The molecule has 0 radical (unpaired) electrons. The maximum atomic E-state index is 9.65. The molecule has 0 heterocycles. The molecule has 1 unspecified atom stereocenters. The van der Waals surface area contributed by atoms with Gasteiger partial charge in [-0.3, -0.25) is 0 Å². The van der Waals surface area contributed by atoms with Gasteiger partial charge in [-0.15, -0.1) is 0 Å². The van der Waals surface area contributed by atoms with Crippen LogP contribution in [0.1, 0.15) is 40.0 Å². The van der Waals surface area contributed by atoms with Crippen molar-refractivity contribution in [3.8, 4) is 0 Å². The Bertz CT molecular complexity index is 161. The van der Waals surface area contributed by atoms with Crippen molar-refractivity contribution in [1.29, 1.82) is 0 Å². The van der Waals surface area contributed by atoms with E-state index in [1.807, 2.05) is 13.8 Å². The molecule has 1 atom stereocenters. The van der Waals surface area contributed by atoms with Crippen LogP contribution < -0.4 is 5.73 Å². The average molecular weight is 233 g/mol. The van der Waals surface area contributed by atoms with E-state index < -0.39 is 5.60 Å². The van der Waals surface area contributed by atoms with Gasteiger partial charge in [0.1, 0.15) is 0 Å². The fraction of sp³-hybridized carbons (Fsp3) is 1.00. The largest absolute Gasteiger partial charge is 0.389 e. The van der Waals surface area contributed by atoms with Gasteiger partial charge in [0.2, 0.25) is 0 Å². The lowest BCUT2D eigenvalue weighted by Gasteiger charge is -2.23. The van der Waals surface area contributed by atoms with Crippen molar-refractivity contribution in [2.45, 2.75) is 51.2 Å². The molecule has 98 valence electrons. The van der Waals surface area contributed by atoms with Crippen LogP contribution in [0.2, 0.25) is 0 Å². The van der Waals surface area contributed by atoms with Gasteiger partial charge in [-0.2, -0.15) is 0 Å². The first-order chi connectivity index (χ1) is 7.33. The molecule has 0 aromatic rings. The van der Waals surface area contributed by atoms with Crippen molar-refractivity contribution in [1.82, 2.24) is 0 Å². The molecule has 16 heavy (non-hydrogen) atoms. The smallest absolute Gasteiger partial charge is 0.0742 e. The lowest BCUT2D eigenvalue weighted by Crippen LogP contribution is -2.34. The molecule has 0 bridgehead atoms. The Labute approximate surface area is 99.1 Å². The molecule has 0 aliphatic rings. The molecule has 3 N–H and O–H groups in total. The Balaban J connectivity index is 3.42. The minimum absolute atomic E-state index is 0.122. The zero-order valence-corrected chi connectivity index (χ0v) is 11.1.